The highest BCUT2D eigenvalue weighted by Gasteiger charge is 2.35. The number of benzene rings is 1. The molecule has 1 aromatic rings. The lowest BCUT2D eigenvalue weighted by Gasteiger charge is -2.16. The van der Waals surface area contributed by atoms with Crippen molar-refractivity contribution in [3.63, 3.8) is 0 Å². The molecular formula is C17H27NO2. The summed E-state index contributed by atoms with van der Waals surface area (Å²) in [6, 6.07) is 6.71. The Balaban J connectivity index is 1.69. The summed E-state index contributed by atoms with van der Waals surface area (Å²) in [4.78, 5) is 0. The van der Waals surface area contributed by atoms with Gasteiger partial charge in [-0.2, -0.15) is 0 Å². The highest BCUT2D eigenvalue weighted by atomic mass is 16.5. The van der Waals surface area contributed by atoms with Gasteiger partial charge in [0, 0.05) is 12.6 Å². The van der Waals surface area contributed by atoms with Crippen molar-refractivity contribution in [3.05, 3.63) is 29.3 Å². The maximum absolute atomic E-state index is 10.00. The number of hydrogen-bond donors (Lipinski definition) is 2. The lowest BCUT2D eigenvalue weighted by Crippen LogP contribution is -2.33. The molecule has 3 unspecified atom stereocenters. The molecule has 1 saturated carbocycles. The summed E-state index contributed by atoms with van der Waals surface area (Å²) in [6.45, 7) is 7.27. The zero-order chi connectivity index (χ0) is 14.5. The predicted molar refractivity (Wildman–Crippen MR) is 82.2 cm³/mol. The van der Waals surface area contributed by atoms with E-state index in [9.17, 15) is 5.11 Å². The van der Waals surface area contributed by atoms with Crippen molar-refractivity contribution in [2.24, 2.45) is 5.92 Å². The van der Waals surface area contributed by atoms with Crippen LogP contribution in [0.5, 0.6) is 5.75 Å². The third-order valence-corrected chi connectivity index (χ3v) is 4.03. The second-order valence-corrected chi connectivity index (χ2v) is 5.98. The van der Waals surface area contributed by atoms with Crippen molar-refractivity contribution in [2.45, 2.75) is 52.2 Å². The summed E-state index contributed by atoms with van der Waals surface area (Å²) in [5.74, 6) is 1.73. The molecule has 3 nitrogen and oxygen atoms in total. The molecule has 3 heteroatoms. The second-order valence-electron chi connectivity index (χ2n) is 5.98. The number of hydrogen-bond acceptors (Lipinski definition) is 3. The van der Waals surface area contributed by atoms with Crippen LogP contribution in [0.4, 0.5) is 0 Å². The fourth-order valence-corrected chi connectivity index (χ4v) is 2.74. The molecule has 0 radical (unpaired) electrons. The molecule has 2 N–H and O–H groups in total. The molecule has 0 spiro atoms. The van der Waals surface area contributed by atoms with Gasteiger partial charge in [0.05, 0.1) is 0 Å². The van der Waals surface area contributed by atoms with Gasteiger partial charge < -0.3 is 15.2 Å². The van der Waals surface area contributed by atoms with Crippen LogP contribution in [-0.2, 0) is 0 Å². The van der Waals surface area contributed by atoms with Gasteiger partial charge in [0.25, 0.3) is 0 Å². The summed E-state index contributed by atoms with van der Waals surface area (Å²) < 4.78 is 5.77. The number of para-hydroxylation sites is 1. The number of rotatable bonds is 8. The lowest BCUT2D eigenvalue weighted by atomic mass is 10.1. The van der Waals surface area contributed by atoms with Crippen molar-refractivity contribution in [3.8, 4) is 5.75 Å². The van der Waals surface area contributed by atoms with Crippen molar-refractivity contribution in [2.75, 3.05) is 13.2 Å². The summed E-state index contributed by atoms with van der Waals surface area (Å²) in [6.07, 6.45) is 3.36. The number of aliphatic hydroxyl groups excluding tert-OH is 1. The van der Waals surface area contributed by atoms with Crippen molar-refractivity contribution < 1.29 is 9.84 Å². The van der Waals surface area contributed by atoms with E-state index in [0.717, 1.165) is 22.8 Å². The number of aliphatic hydroxyl groups is 1. The predicted octanol–water partition coefficient (Wildman–Crippen LogP) is 2.82. The maximum Gasteiger partial charge on any atom is 0.125 e. The molecule has 0 saturated heterocycles. The van der Waals surface area contributed by atoms with Crippen LogP contribution < -0.4 is 10.1 Å². The molecule has 0 bridgehead atoms. The first-order valence-electron chi connectivity index (χ1n) is 7.72. The Bertz CT molecular complexity index is 413. The van der Waals surface area contributed by atoms with Crippen molar-refractivity contribution >= 4 is 0 Å². The van der Waals surface area contributed by atoms with E-state index in [0.29, 0.717) is 19.2 Å². The van der Waals surface area contributed by atoms with E-state index in [1.165, 1.54) is 19.3 Å². The fourth-order valence-electron chi connectivity index (χ4n) is 2.74. The van der Waals surface area contributed by atoms with Gasteiger partial charge in [-0.1, -0.05) is 31.5 Å². The van der Waals surface area contributed by atoms with E-state index in [-0.39, 0.29) is 0 Å². The summed E-state index contributed by atoms with van der Waals surface area (Å²) in [5, 5.41) is 13.4. The van der Waals surface area contributed by atoms with Crippen LogP contribution in [0, 0.1) is 19.8 Å². The second kappa shape index (κ2) is 7.09. The van der Waals surface area contributed by atoms with E-state index in [1.807, 2.05) is 32.0 Å². The van der Waals surface area contributed by atoms with Gasteiger partial charge in [-0.05, 0) is 43.7 Å². The Morgan fingerprint density at radius 3 is 2.70 bits per heavy atom. The normalized spacial score (nSPS) is 22.6. The minimum atomic E-state index is -0.447. The largest absolute Gasteiger partial charge is 0.490 e. The molecule has 20 heavy (non-hydrogen) atoms. The van der Waals surface area contributed by atoms with E-state index in [4.69, 9.17) is 4.74 Å². The molecule has 0 aliphatic heterocycles. The number of nitrogens with one attached hydrogen (secondary N) is 1. The molecular weight excluding hydrogens is 250 g/mol. The number of aryl methyl sites for hydroxylation is 2. The Hall–Kier alpha value is -1.06. The summed E-state index contributed by atoms with van der Waals surface area (Å²) >= 11 is 0. The quantitative estimate of drug-likeness (QED) is 0.768. The topological polar surface area (TPSA) is 41.5 Å². The van der Waals surface area contributed by atoms with E-state index in [1.54, 1.807) is 0 Å². The Morgan fingerprint density at radius 2 is 2.05 bits per heavy atom. The van der Waals surface area contributed by atoms with Crippen molar-refractivity contribution in [1.29, 1.82) is 0 Å². The number of ether oxygens (including phenoxy) is 1. The first-order chi connectivity index (χ1) is 9.61. The first-order valence-corrected chi connectivity index (χ1v) is 7.72. The zero-order valence-corrected chi connectivity index (χ0v) is 12.9. The zero-order valence-electron chi connectivity index (χ0n) is 12.9. The third kappa shape index (κ3) is 4.22. The highest BCUT2D eigenvalue weighted by Crippen LogP contribution is 2.34. The van der Waals surface area contributed by atoms with E-state index in [2.05, 4.69) is 12.2 Å². The summed E-state index contributed by atoms with van der Waals surface area (Å²) in [5.41, 5.74) is 2.24. The van der Waals surface area contributed by atoms with Crippen LogP contribution in [0.2, 0.25) is 0 Å². The average molecular weight is 277 g/mol. The van der Waals surface area contributed by atoms with Gasteiger partial charge in [-0.25, -0.2) is 0 Å². The van der Waals surface area contributed by atoms with Gasteiger partial charge in [0.15, 0.2) is 0 Å². The smallest absolute Gasteiger partial charge is 0.125 e. The Morgan fingerprint density at radius 1 is 1.35 bits per heavy atom. The molecule has 1 aliphatic rings. The summed E-state index contributed by atoms with van der Waals surface area (Å²) in [7, 11) is 0. The van der Waals surface area contributed by atoms with Gasteiger partial charge in [0.2, 0.25) is 0 Å². The average Bonchev–Trinajstić information content (AvgIpc) is 3.15. The molecule has 0 amide bonds. The molecule has 0 aromatic heterocycles. The van der Waals surface area contributed by atoms with Crippen LogP contribution >= 0.6 is 0 Å². The molecule has 2 rings (SSSR count). The SMILES string of the molecule is CCCC1CC1NCC(O)COc1c(C)cccc1C. The molecule has 3 atom stereocenters. The Labute approximate surface area is 122 Å². The minimum absolute atomic E-state index is 0.351. The Kier molecular flexibility index (Phi) is 5.44. The van der Waals surface area contributed by atoms with Crippen LogP contribution in [0.3, 0.4) is 0 Å². The van der Waals surface area contributed by atoms with Crippen LogP contribution in [0.25, 0.3) is 0 Å². The van der Waals surface area contributed by atoms with Gasteiger partial charge in [0.1, 0.15) is 18.5 Å². The fraction of sp³-hybridized carbons (Fsp3) is 0.647. The maximum atomic E-state index is 10.00. The molecule has 112 valence electrons. The standard InChI is InChI=1S/C17H27NO2/c1-4-6-14-9-16(14)18-10-15(19)11-20-17-12(2)7-5-8-13(17)3/h5,7-8,14-16,18-19H,4,6,9-11H2,1-3H3. The lowest BCUT2D eigenvalue weighted by molar-refractivity contribution is 0.105. The van der Waals surface area contributed by atoms with Crippen LogP contribution in [0.1, 0.15) is 37.3 Å². The van der Waals surface area contributed by atoms with Crippen LogP contribution in [-0.4, -0.2) is 30.4 Å². The monoisotopic (exact) mass is 277 g/mol. The molecule has 1 aliphatic carbocycles. The molecule has 1 aromatic carbocycles. The molecule has 1 fully saturated rings. The van der Waals surface area contributed by atoms with Gasteiger partial charge >= 0.3 is 0 Å². The van der Waals surface area contributed by atoms with Crippen LogP contribution in [0.15, 0.2) is 18.2 Å². The first kappa shape index (κ1) is 15.3. The van der Waals surface area contributed by atoms with E-state index < -0.39 is 6.10 Å². The van der Waals surface area contributed by atoms with Gasteiger partial charge in [-0.15, -0.1) is 0 Å². The van der Waals surface area contributed by atoms with E-state index >= 15 is 0 Å². The van der Waals surface area contributed by atoms with Crippen molar-refractivity contribution in [1.82, 2.24) is 5.32 Å². The third-order valence-electron chi connectivity index (χ3n) is 4.03. The minimum Gasteiger partial charge on any atom is -0.490 e. The molecule has 0 heterocycles. The van der Waals surface area contributed by atoms with Gasteiger partial charge in [-0.3, -0.25) is 0 Å². The highest BCUT2D eigenvalue weighted by molar-refractivity contribution is 5.39.